The smallest absolute Gasteiger partial charge is 0.204 e. The molecule has 0 atom stereocenters. The Hall–Kier alpha value is -6.06. The molecule has 0 spiro atoms. The van der Waals surface area contributed by atoms with Crippen molar-refractivity contribution in [1.82, 2.24) is 38.9 Å². The number of hydrogen-bond acceptors (Lipinski definition) is 12. The second-order valence-electron chi connectivity index (χ2n) is 17.5. The molecule has 6 heterocycles. The first-order valence-corrected chi connectivity index (χ1v) is 23.1. The highest BCUT2D eigenvalue weighted by Gasteiger charge is 2.24. The number of benzene rings is 3. The highest BCUT2D eigenvalue weighted by molar-refractivity contribution is 5.83. The van der Waals surface area contributed by atoms with Crippen LogP contribution in [0.15, 0.2) is 91.0 Å². The Labute approximate surface area is 389 Å². The summed E-state index contributed by atoms with van der Waals surface area (Å²) in [6.07, 6.45) is 4.07. The third-order valence-electron chi connectivity index (χ3n) is 12.6. The van der Waals surface area contributed by atoms with Crippen LogP contribution in [0.25, 0.3) is 22.1 Å². The molecule has 7 aromatic rings. The number of pyridine rings is 2. The Bertz CT molecular complexity index is 2650. The zero-order chi connectivity index (χ0) is 45.3. The summed E-state index contributed by atoms with van der Waals surface area (Å²) in [6.45, 7) is 15.5. The van der Waals surface area contributed by atoms with Crippen molar-refractivity contribution in [2.75, 3.05) is 63.1 Å². The van der Waals surface area contributed by atoms with Crippen molar-refractivity contribution in [2.24, 2.45) is 0 Å². The summed E-state index contributed by atoms with van der Waals surface area (Å²) in [5.74, 6) is 2.69. The van der Waals surface area contributed by atoms with Crippen LogP contribution in [-0.4, -0.2) is 119 Å². The molecule has 0 unspecified atom stereocenters. The lowest BCUT2D eigenvalue weighted by Crippen LogP contribution is -2.40. The van der Waals surface area contributed by atoms with Gasteiger partial charge in [-0.2, -0.15) is 0 Å². The van der Waals surface area contributed by atoms with Gasteiger partial charge >= 0.3 is 0 Å². The highest BCUT2D eigenvalue weighted by atomic mass is 16.5. The van der Waals surface area contributed by atoms with E-state index >= 15 is 0 Å². The number of anilines is 2. The summed E-state index contributed by atoms with van der Waals surface area (Å²) in [4.78, 5) is 24.0. The van der Waals surface area contributed by atoms with E-state index in [0.29, 0.717) is 37.5 Å². The monoisotopic (exact) mass is 897 g/mol. The van der Waals surface area contributed by atoms with Gasteiger partial charge < -0.3 is 49.6 Å². The third-order valence-corrected chi connectivity index (χ3v) is 12.6. The maximum absolute atomic E-state index is 10.3. The molecule has 2 fully saturated rings. The number of piperidine rings is 2. The van der Waals surface area contributed by atoms with Crippen molar-refractivity contribution in [3.63, 3.8) is 0 Å². The van der Waals surface area contributed by atoms with E-state index in [1.54, 1.807) is 6.07 Å². The fraction of sp³-hybridized carbons (Fsp3) is 0.423. The number of aryl methyl sites for hydroxylation is 4. The number of β-amino-alcohol motifs (C(OH)–C–C–N with tert-alkyl or cyclic N) is 2. The van der Waals surface area contributed by atoms with Crippen LogP contribution in [0.5, 0.6) is 11.5 Å². The Balaban J connectivity index is 0.000000198. The number of imidazole rings is 2. The molecule has 5 N–H and O–H groups in total. The first-order chi connectivity index (χ1) is 31.6. The molecule has 0 bridgehead atoms. The molecule has 2 saturated heterocycles. The first-order valence-electron chi connectivity index (χ1n) is 23.1. The molecule has 0 saturated carbocycles. The van der Waals surface area contributed by atoms with Gasteiger partial charge in [0.25, 0.3) is 0 Å². The lowest BCUT2D eigenvalue weighted by Gasteiger charge is -2.32. The maximum Gasteiger partial charge on any atom is 0.204 e. The fourth-order valence-corrected chi connectivity index (χ4v) is 8.96. The Morgan fingerprint density at radius 2 is 1.06 bits per heavy atom. The molecular formula is C52H68N10O4. The number of aliphatic hydroxyl groups excluding tert-OH is 2. The van der Waals surface area contributed by atoms with E-state index in [9.17, 15) is 10.2 Å². The maximum atomic E-state index is 10.3. The second kappa shape index (κ2) is 22.4. The number of fused-ring (bicyclic) bond motifs is 2. The minimum atomic E-state index is 0. The summed E-state index contributed by atoms with van der Waals surface area (Å²) < 4.78 is 10.6. The van der Waals surface area contributed by atoms with E-state index in [1.807, 2.05) is 56.3 Å². The molecule has 9 rings (SSSR count). The molecule has 66 heavy (non-hydrogen) atoms. The number of aliphatic hydroxyl groups is 2. The van der Waals surface area contributed by atoms with E-state index in [4.69, 9.17) is 24.8 Å². The van der Waals surface area contributed by atoms with Crippen molar-refractivity contribution < 1.29 is 20.1 Å². The summed E-state index contributed by atoms with van der Waals surface area (Å²) >= 11 is 0. The molecule has 3 aromatic carbocycles. The summed E-state index contributed by atoms with van der Waals surface area (Å²) in [6, 6.07) is 30.9. The van der Waals surface area contributed by atoms with Gasteiger partial charge in [-0.05, 0) is 106 Å². The molecule has 350 valence electrons. The van der Waals surface area contributed by atoms with Crippen LogP contribution in [0.3, 0.4) is 0 Å². The molecule has 0 aliphatic carbocycles. The number of aromatic hydroxyl groups is 1. The Morgan fingerprint density at radius 1 is 0.576 bits per heavy atom. The lowest BCUT2D eigenvalue weighted by atomic mass is 10.1. The molecule has 0 radical (unpaired) electrons. The van der Waals surface area contributed by atoms with Crippen LogP contribution in [0, 0.1) is 27.7 Å². The quantitative estimate of drug-likeness (QED) is 0.0679. The van der Waals surface area contributed by atoms with Crippen LogP contribution < -0.4 is 15.4 Å². The fourth-order valence-electron chi connectivity index (χ4n) is 8.96. The van der Waals surface area contributed by atoms with Crippen molar-refractivity contribution in [2.45, 2.75) is 92.6 Å². The SMILES string of the molecule is C.Cc1ccc(O)c(Cn2c(NC3CCN(CCO)CC3)nc3c(C)cccc32)n1.Cc1ccc(OCc2ccccc2)c(Cn2c(NC3CCN(CCO)CC3)nc3c(C)cccc32)n1. The molecule has 4 aromatic heterocycles. The minimum Gasteiger partial charge on any atom is -0.506 e. The van der Waals surface area contributed by atoms with Gasteiger partial charge in [-0.1, -0.05) is 62.0 Å². The minimum absolute atomic E-state index is 0. The highest BCUT2D eigenvalue weighted by Crippen LogP contribution is 2.30. The summed E-state index contributed by atoms with van der Waals surface area (Å²) in [5, 5.41) is 36.1. The second-order valence-corrected chi connectivity index (χ2v) is 17.5. The normalized spacial score (nSPS) is 15.1. The number of nitrogens with zero attached hydrogens (tertiary/aromatic N) is 8. The molecule has 2 aliphatic rings. The predicted molar refractivity (Wildman–Crippen MR) is 265 cm³/mol. The van der Waals surface area contributed by atoms with Crippen molar-refractivity contribution in [1.29, 1.82) is 0 Å². The van der Waals surface area contributed by atoms with Gasteiger partial charge in [-0.3, -0.25) is 9.97 Å². The zero-order valence-corrected chi connectivity index (χ0v) is 38.2. The summed E-state index contributed by atoms with van der Waals surface area (Å²) in [7, 11) is 0. The number of likely N-dealkylation sites (tertiary alicyclic amines) is 2. The van der Waals surface area contributed by atoms with E-state index < -0.39 is 0 Å². The largest absolute Gasteiger partial charge is 0.506 e. The van der Waals surface area contributed by atoms with Crippen molar-refractivity contribution in [3.05, 3.63) is 130 Å². The van der Waals surface area contributed by atoms with Crippen LogP contribution in [0.2, 0.25) is 0 Å². The summed E-state index contributed by atoms with van der Waals surface area (Å²) in [5.41, 5.74) is 10.9. The predicted octanol–water partition coefficient (Wildman–Crippen LogP) is 7.85. The number of rotatable bonds is 15. The molecule has 0 amide bonds. The van der Waals surface area contributed by atoms with Gasteiger partial charge in [0.1, 0.15) is 29.5 Å². The molecule has 14 nitrogen and oxygen atoms in total. The average Bonchev–Trinajstić information content (AvgIpc) is 3.84. The van der Waals surface area contributed by atoms with Gasteiger partial charge in [0.2, 0.25) is 11.9 Å². The number of aromatic nitrogens is 6. The van der Waals surface area contributed by atoms with Gasteiger partial charge in [-0.25, -0.2) is 9.97 Å². The van der Waals surface area contributed by atoms with Gasteiger partial charge in [0, 0.05) is 62.7 Å². The van der Waals surface area contributed by atoms with Crippen molar-refractivity contribution in [3.8, 4) is 11.5 Å². The van der Waals surface area contributed by atoms with Gasteiger partial charge in [-0.15, -0.1) is 0 Å². The number of para-hydroxylation sites is 2. The number of ether oxygens (including phenoxy) is 1. The lowest BCUT2D eigenvalue weighted by molar-refractivity contribution is 0.168. The van der Waals surface area contributed by atoms with Crippen LogP contribution >= 0.6 is 0 Å². The Morgan fingerprint density at radius 3 is 1.58 bits per heavy atom. The molecule has 2 aliphatic heterocycles. The molecule has 14 heteroatoms. The average molecular weight is 897 g/mol. The topological polar surface area (TPSA) is 162 Å². The van der Waals surface area contributed by atoms with E-state index in [1.165, 1.54) is 0 Å². The van der Waals surface area contributed by atoms with E-state index in [2.05, 4.69) is 90.9 Å². The number of hydrogen-bond donors (Lipinski definition) is 5. The first kappa shape index (κ1) is 47.9. The Kier molecular flexibility index (Phi) is 16.3. The van der Waals surface area contributed by atoms with Gasteiger partial charge in [0.05, 0.1) is 48.4 Å². The van der Waals surface area contributed by atoms with Crippen LogP contribution in [-0.2, 0) is 19.7 Å². The van der Waals surface area contributed by atoms with Gasteiger partial charge in [0.15, 0.2) is 0 Å². The standard InChI is InChI=1S/C29H35N5O2.C22H29N5O2.CH4/c1-21-7-6-10-26-28(21)32-29(31-24-13-15-33(16-14-24)17-18-35)34(26)19-25-27(12-11-22(2)30-25)36-20-23-8-4-3-5-9-23;1-15-4-3-5-19-21(15)25-22(24-17-8-10-26(11-9-17)12-13-28)27(19)14-18-20(29)7-6-16(2)23-18;/h3-12,24,35H,13-20H2,1-2H3,(H,31,32);3-7,17,28-29H,8-14H2,1-2H3,(H,24,25);1H4. The van der Waals surface area contributed by atoms with E-state index in [-0.39, 0.29) is 26.4 Å². The van der Waals surface area contributed by atoms with E-state index in [0.717, 1.165) is 138 Å². The number of nitrogens with one attached hydrogen (secondary N) is 2. The van der Waals surface area contributed by atoms with Crippen LogP contribution in [0.4, 0.5) is 11.9 Å². The third kappa shape index (κ3) is 11.7. The van der Waals surface area contributed by atoms with Crippen molar-refractivity contribution >= 4 is 34.0 Å². The molecular weight excluding hydrogens is 829 g/mol. The zero-order valence-electron chi connectivity index (χ0n) is 38.2. The van der Waals surface area contributed by atoms with Crippen LogP contribution in [0.1, 0.15) is 72.6 Å².